The smallest absolute Gasteiger partial charge is 0.106 e. The second kappa shape index (κ2) is 4.85. The normalized spacial score (nSPS) is 34.2. The largest absolute Gasteiger partial charge is 0.469 e. The average Bonchev–Trinajstić information content (AvgIpc) is 2.68. The second-order valence-corrected chi connectivity index (χ2v) is 6.10. The van der Waals surface area contributed by atoms with E-state index in [9.17, 15) is 5.11 Å². The van der Waals surface area contributed by atoms with Gasteiger partial charge in [-0.25, -0.2) is 0 Å². The fraction of sp³-hybridized carbons (Fsp3) is 0.733. The molecule has 96 valence electrons. The van der Waals surface area contributed by atoms with Gasteiger partial charge < -0.3 is 9.52 Å². The summed E-state index contributed by atoms with van der Waals surface area (Å²) in [7, 11) is 0. The van der Waals surface area contributed by atoms with Crippen molar-refractivity contribution in [2.24, 2.45) is 17.8 Å². The molecule has 1 saturated carbocycles. The monoisotopic (exact) mass is 236 g/mol. The van der Waals surface area contributed by atoms with E-state index in [0.717, 1.165) is 18.6 Å². The van der Waals surface area contributed by atoms with Crippen molar-refractivity contribution >= 4 is 0 Å². The second-order valence-electron chi connectivity index (χ2n) is 6.10. The first-order valence-corrected chi connectivity index (χ1v) is 6.76. The van der Waals surface area contributed by atoms with E-state index in [-0.39, 0.29) is 0 Å². The molecule has 2 nitrogen and oxygen atoms in total. The van der Waals surface area contributed by atoms with E-state index in [4.69, 9.17) is 4.42 Å². The average molecular weight is 236 g/mol. The summed E-state index contributed by atoms with van der Waals surface area (Å²) >= 11 is 0. The third-order valence-corrected chi connectivity index (χ3v) is 4.23. The summed E-state index contributed by atoms with van der Waals surface area (Å²) in [5.74, 6) is 2.45. The highest BCUT2D eigenvalue weighted by Gasteiger charge is 2.43. The first-order chi connectivity index (χ1) is 8.01. The molecule has 2 rings (SSSR count). The van der Waals surface area contributed by atoms with Crippen molar-refractivity contribution in [1.82, 2.24) is 0 Å². The van der Waals surface area contributed by atoms with Crippen LogP contribution in [-0.4, -0.2) is 10.7 Å². The predicted molar refractivity (Wildman–Crippen MR) is 68.7 cm³/mol. The van der Waals surface area contributed by atoms with Gasteiger partial charge in [0.25, 0.3) is 0 Å². The van der Waals surface area contributed by atoms with Gasteiger partial charge in [0.1, 0.15) is 5.76 Å². The number of hydrogen-bond acceptors (Lipinski definition) is 2. The molecule has 0 saturated heterocycles. The third-order valence-electron chi connectivity index (χ3n) is 4.23. The summed E-state index contributed by atoms with van der Waals surface area (Å²) in [6.45, 7) is 6.67. The van der Waals surface area contributed by atoms with E-state index in [0.29, 0.717) is 24.2 Å². The lowest BCUT2D eigenvalue weighted by Gasteiger charge is -2.44. The van der Waals surface area contributed by atoms with Crippen LogP contribution in [0.25, 0.3) is 0 Å². The van der Waals surface area contributed by atoms with Crippen molar-refractivity contribution in [3.63, 3.8) is 0 Å². The highest BCUT2D eigenvalue weighted by atomic mass is 16.3. The highest BCUT2D eigenvalue weighted by Crippen LogP contribution is 2.42. The van der Waals surface area contributed by atoms with Crippen molar-refractivity contribution in [2.45, 2.75) is 52.1 Å². The molecule has 3 atom stereocenters. The van der Waals surface area contributed by atoms with Crippen molar-refractivity contribution < 1.29 is 9.52 Å². The Morgan fingerprint density at radius 3 is 2.82 bits per heavy atom. The van der Waals surface area contributed by atoms with Crippen LogP contribution in [0.3, 0.4) is 0 Å². The molecule has 0 bridgehead atoms. The first kappa shape index (κ1) is 12.7. The molecule has 1 aliphatic carbocycles. The van der Waals surface area contributed by atoms with Gasteiger partial charge in [0.05, 0.1) is 11.9 Å². The van der Waals surface area contributed by atoms with E-state index in [1.165, 1.54) is 6.42 Å². The molecule has 1 aliphatic rings. The molecular weight excluding hydrogens is 212 g/mol. The zero-order valence-electron chi connectivity index (χ0n) is 11.1. The number of rotatable bonds is 3. The molecule has 17 heavy (non-hydrogen) atoms. The number of aliphatic hydroxyl groups is 1. The van der Waals surface area contributed by atoms with Crippen molar-refractivity contribution in [2.75, 3.05) is 0 Å². The molecule has 1 N–H and O–H groups in total. The van der Waals surface area contributed by atoms with Crippen molar-refractivity contribution in [3.8, 4) is 0 Å². The van der Waals surface area contributed by atoms with Gasteiger partial charge in [0.2, 0.25) is 0 Å². The van der Waals surface area contributed by atoms with Crippen LogP contribution in [-0.2, 0) is 6.42 Å². The lowest BCUT2D eigenvalue weighted by Crippen LogP contribution is -2.47. The van der Waals surface area contributed by atoms with Gasteiger partial charge in [-0.3, -0.25) is 0 Å². The number of furan rings is 1. The van der Waals surface area contributed by atoms with E-state index >= 15 is 0 Å². The molecule has 1 aromatic rings. The minimum atomic E-state index is -0.580. The van der Waals surface area contributed by atoms with Gasteiger partial charge in [-0.1, -0.05) is 27.2 Å². The molecule has 0 spiro atoms. The Hall–Kier alpha value is -0.760. The van der Waals surface area contributed by atoms with Crippen LogP contribution in [0, 0.1) is 17.8 Å². The van der Waals surface area contributed by atoms with Gasteiger partial charge in [-0.15, -0.1) is 0 Å². The highest BCUT2D eigenvalue weighted by molar-refractivity contribution is 5.06. The van der Waals surface area contributed by atoms with Crippen LogP contribution in [0.15, 0.2) is 22.8 Å². The Labute approximate surface area is 104 Å². The van der Waals surface area contributed by atoms with Crippen molar-refractivity contribution in [3.05, 3.63) is 24.2 Å². The Bertz CT molecular complexity index is 342. The lowest BCUT2D eigenvalue weighted by atomic mass is 9.65. The molecule has 1 aromatic heterocycles. The molecule has 0 aromatic carbocycles. The van der Waals surface area contributed by atoms with Gasteiger partial charge in [-0.2, -0.15) is 0 Å². The number of hydrogen-bond donors (Lipinski definition) is 1. The molecule has 2 heteroatoms. The van der Waals surface area contributed by atoms with Crippen LogP contribution in [0.2, 0.25) is 0 Å². The maximum atomic E-state index is 11.0. The summed E-state index contributed by atoms with van der Waals surface area (Å²) in [5, 5.41) is 11.0. The Morgan fingerprint density at radius 2 is 2.24 bits per heavy atom. The molecule has 1 fully saturated rings. The van der Waals surface area contributed by atoms with Gasteiger partial charge in [0, 0.05) is 6.42 Å². The van der Waals surface area contributed by atoms with E-state index in [2.05, 4.69) is 20.8 Å². The Balaban J connectivity index is 2.16. The zero-order valence-corrected chi connectivity index (χ0v) is 11.1. The van der Waals surface area contributed by atoms with E-state index in [1.54, 1.807) is 6.26 Å². The SMILES string of the molecule is CC1CCC(C(C)C)C(O)(Cc2ccco2)C1. The molecule has 0 radical (unpaired) electrons. The molecular formula is C15H24O2. The summed E-state index contributed by atoms with van der Waals surface area (Å²) in [4.78, 5) is 0. The van der Waals surface area contributed by atoms with Gasteiger partial charge in [0.15, 0.2) is 0 Å². The summed E-state index contributed by atoms with van der Waals surface area (Å²) in [6.07, 6.45) is 5.62. The Kier molecular flexibility index (Phi) is 3.62. The van der Waals surface area contributed by atoms with Crippen molar-refractivity contribution in [1.29, 1.82) is 0 Å². The first-order valence-electron chi connectivity index (χ1n) is 6.76. The summed E-state index contributed by atoms with van der Waals surface area (Å²) in [6, 6.07) is 3.87. The minimum Gasteiger partial charge on any atom is -0.469 e. The van der Waals surface area contributed by atoms with Crippen LogP contribution in [0.4, 0.5) is 0 Å². The predicted octanol–water partition coefficient (Wildman–Crippen LogP) is 3.65. The molecule has 0 aliphatic heterocycles. The summed E-state index contributed by atoms with van der Waals surface area (Å²) < 4.78 is 5.40. The summed E-state index contributed by atoms with van der Waals surface area (Å²) in [5.41, 5.74) is -0.580. The zero-order chi connectivity index (χ0) is 12.5. The van der Waals surface area contributed by atoms with Crippen LogP contribution in [0.5, 0.6) is 0 Å². The maximum Gasteiger partial charge on any atom is 0.106 e. The standard InChI is InChI=1S/C15H24O2/c1-11(2)14-7-6-12(3)9-15(14,16)10-13-5-4-8-17-13/h4-5,8,11-12,14,16H,6-7,9-10H2,1-3H3. The van der Waals surface area contributed by atoms with E-state index in [1.807, 2.05) is 12.1 Å². The lowest BCUT2D eigenvalue weighted by molar-refractivity contribution is -0.0822. The molecule has 0 amide bonds. The van der Waals surface area contributed by atoms with Gasteiger partial charge >= 0.3 is 0 Å². The van der Waals surface area contributed by atoms with Crippen LogP contribution < -0.4 is 0 Å². The minimum absolute atomic E-state index is 0.392. The topological polar surface area (TPSA) is 33.4 Å². The Morgan fingerprint density at radius 1 is 1.47 bits per heavy atom. The molecule has 1 heterocycles. The van der Waals surface area contributed by atoms with Crippen LogP contribution in [0.1, 0.15) is 45.8 Å². The fourth-order valence-electron chi connectivity index (χ4n) is 3.46. The third kappa shape index (κ3) is 2.74. The quantitative estimate of drug-likeness (QED) is 0.869. The maximum absolute atomic E-state index is 11.0. The molecule has 3 unspecified atom stereocenters. The van der Waals surface area contributed by atoms with Gasteiger partial charge in [-0.05, 0) is 42.7 Å². The van der Waals surface area contributed by atoms with E-state index < -0.39 is 5.60 Å². The fourth-order valence-corrected chi connectivity index (χ4v) is 3.46. The van der Waals surface area contributed by atoms with Crippen LogP contribution >= 0.6 is 0 Å².